The summed E-state index contributed by atoms with van der Waals surface area (Å²) in [6.45, 7) is 11.1. The average Bonchev–Trinajstić information content (AvgIpc) is 1.87. The molecule has 0 N–H and O–H groups in total. The van der Waals surface area contributed by atoms with Crippen molar-refractivity contribution in [3.8, 4) is 0 Å². The lowest BCUT2D eigenvalue weighted by molar-refractivity contribution is 1.59. The van der Waals surface area contributed by atoms with E-state index in [4.69, 9.17) is 0 Å². The normalized spacial score (nSPS) is 12.9. The van der Waals surface area contributed by atoms with E-state index < -0.39 is 0 Å². The lowest BCUT2D eigenvalue weighted by atomic mass is 10.5. The van der Waals surface area contributed by atoms with Crippen molar-refractivity contribution in [3.05, 3.63) is 36.4 Å². The van der Waals surface area contributed by atoms with E-state index in [0.29, 0.717) is 0 Å². The monoisotopic (exact) mass is 167 g/mol. The van der Waals surface area contributed by atoms with E-state index in [1.807, 2.05) is 19.9 Å². The highest BCUT2D eigenvalue weighted by atomic mass is 32.2. The maximum absolute atomic E-state index is 4.02. The molecule has 0 unspecified atom stereocenters. The molecule has 0 heterocycles. The van der Waals surface area contributed by atoms with Crippen molar-refractivity contribution in [2.75, 3.05) is 0 Å². The second kappa shape index (κ2) is 5.98. The van der Waals surface area contributed by atoms with Crippen molar-refractivity contribution in [3.63, 3.8) is 0 Å². The fourth-order valence-corrected chi connectivity index (χ4v) is 1.35. The van der Waals surface area contributed by atoms with Gasteiger partial charge in [-0.1, -0.05) is 37.1 Å². The summed E-state index contributed by atoms with van der Waals surface area (Å²) in [6, 6.07) is 0. The summed E-state index contributed by atoms with van der Waals surface area (Å²) in [5, 5.41) is 0.996. The predicted octanol–water partition coefficient (Wildman–Crippen LogP) is 3.37. The van der Waals surface area contributed by atoms with Gasteiger partial charge in [0, 0.05) is 6.20 Å². The van der Waals surface area contributed by atoms with Crippen LogP contribution in [0.2, 0.25) is 0 Å². The second-order valence-corrected chi connectivity index (χ2v) is 3.38. The fourth-order valence-electron chi connectivity index (χ4n) is 0.588. The minimum atomic E-state index is 0.996. The van der Waals surface area contributed by atoms with E-state index in [-0.39, 0.29) is 0 Å². The molecule has 0 aromatic heterocycles. The highest BCUT2D eigenvalue weighted by Gasteiger charge is 1.91. The first kappa shape index (κ1) is 10.2. The highest BCUT2D eigenvalue weighted by Crippen LogP contribution is 2.16. The van der Waals surface area contributed by atoms with Gasteiger partial charge in [-0.15, -0.1) is 0 Å². The molecular formula is C9H13NS. The van der Waals surface area contributed by atoms with E-state index in [1.165, 1.54) is 4.91 Å². The van der Waals surface area contributed by atoms with Crippen LogP contribution in [0.25, 0.3) is 0 Å². The molecule has 0 spiro atoms. The van der Waals surface area contributed by atoms with E-state index in [9.17, 15) is 0 Å². The van der Waals surface area contributed by atoms with Gasteiger partial charge >= 0.3 is 0 Å². The molecule has 0 rings (SSSR count). The first-order valence-electron chi connectivity index (χ1n) is 3.33. The molecule has 0 atom stereocenters. The van der Waals surface area contributed by atoms with E-state index in [0.717, 1.165) is 5.04 Å². The largest absolute Gasteiger partial charge is 0.255 e. The van der Waals surface area contributed by atoms with Crippen LogP contribution in [0.3, 0.4) is 0 Å². The quantitative estimate of drug-likeness (QED) is 0.356. The summed E-state index contributed by atoms with van der Waals surface area (Å²) in [4.78, 5) is 5.20. The summed E-state index contributed by atoms with van der Waals surface area (Å²) >= 11 is 1.62. The molecule has 0 amide bonds. The Kier molecular flexibility index (Phi) is 5.57. The van der Waals surface area contributed by atoms with Crippen molar-refractivity contribution in [1.82, 2.24) is 0 Å². The Labute approximate surface area is 72.6 Å². The van der Waals surface area contributed by atoms with E-state index in [2.05, 4.69) is 18.2 Å². The smallest absolute Gasteiger partial charge is 0.0744 e. The molecule has 0 radical (unpaired) electrons. The summed E-state index contributed by atoms with van der Waals surface area (Å²) in [6.07, 6.45) is 5.26. The number of nitrogens with zero attached hydrogens (tertiary/aromatic N) is 1. The van der Waals surface area contributed by atoms with Gasteiger partial charge in [0.1, 0.15) is 0 Å². The Morgan fingerprint density at radius 1 is 1.36 bits per heavy atom. The molecule has 11 heavy (non-hydrogen) atoms. The van der Waals surface area contributed by atoms with Gasteiger partial charge in [0.2, 0.25) is 0 Å². The molecule has 0 fully saturated rings. The third-order valence-corrected chi connectivity index (χ3v) is 1.79. The number of rotatable bonds is 3. The van der Waals surface area contributed by atoms with Crippen LogP contribution in [-0.4, -0.2) is 5.04 Å². The van der Waals surface area contributed by atoms with Gasteiger partial charge in [-0.2, -0.15) is 0 Å². The van der Waals surface area contributed by atoms with Crippen LogP contribution in [0, 0.1) is 0 Å². The molecule has 0 aliphatic rings. The number of hydrogen-bond acceptors (Lipinski definition) is 2. The molecule has 0 aromatic rings. The van der Waals surface area contributed by atoms with Crippen LogP contribution in [0.5, 0.6) is 0 Å². The molecule has 2 heteroatoms. The third kappa shape index (κ3) is 5.67. The summed E-state index contributed by atoms with van der Waals surface area (Å²) < 4.78 is 0. The van der Waals surface area contributed by atoms with Crippen molar-refractivity contribution >= 4 is 16.8 Å². The van der Waals surface area contributed by atoms with Gasteiger partial charge in [-0.25, -0.2) is 0 Å². The average molecular weight is 167 g/mol. The van der Waals surface area contributed by atoms with Gasteiger partial charge in [0.25, 0.3) is 0 Å². The molecule has 1 nitrogen and oxygen atoms in total. The van der Waals surface area contributed by atoms with Gasteiger partial charge in [0.05, 0.1) is 5.04 Å². The van der Waals surface area contributed by atoms with Crippen LogP contribution in [0.15, 0.2) is 41.4 Å². The lowest BCUT2D eigenvalue weighted by Crippen LogP contribution is -1.80. The van der Waals surface area contributed by atoms with Crippen molar-refractivity contribution in [1.29, 1.82) is 0 Å². The third-order valence-electron chi connectivity index (χ3n) is 0.934. The molecule has 0 aliphatic carbocycles. The standard InChI is InChI=1S/C9H13NS/c1-5-7-8(3)11-9(4)10-6-2/h5-7H,1-2H2,3-4H3. The Morgan fingerprint density at radius 3 is 2.45 bits per heavy atom. The highest BCUT2D eigenvalue weighted by molar-refractivity contribution is 8.17. The number of hydrogen-bond donors (Lipinski definition) is 0. The SMILES string of the molecule is C=CC=C(C)SC(C)=NC=C. The first-order chi connectivity index (χ1) is 5.20. The summed E-state index contributed by atoms with van der Waals surface area (Å²) in [5.74, 6) is 0. The zero-order chi connectivity index (χ0) is 8.69. The van der Waals surface area contributed by atoms with Gasteiger partial charge in [-0.05, 0) is 18.8 Å². The van der Waals surface area contributed by atoms with Crippen molar-refractivity contribution < 1.29 is 0 Å². The topological polar surface area (TPSA) is 12.4 Å². The predicted molar refractivity (Wildman–Crippen MR) is 54.9 cm³/mol. The lowest BCUT2D eigenvalue weighted by Gasteiger charge is -1.96. The Balaban J connectivity index is 4.03. The van der Waals surface area contributed by atoms with Gasteiger partial charge < -0.3 is 0 Å². The molecule has 0 saturated carbocycles. The second-order valence-electron chi connectivity index (χ2n) is 1.95. The van der Waals surface area contributed by atoms with Crippen LogP contribution in [0.1, 0.15) is 13.8 Å². The Morgan fingerprint density at radius 2 is 2.00 bits per heavy atom. The minimum absolute atomic E-state index is 0.996. The summed E-state index contributed by atoms with van der Waals surface area (Å²) in [5.41, 5.74) is 0. The van der Waals surface area contributed by atoms with E-state index in [1.54, 1.807) is 24.0 Å². The van der Waals surface area contributed by atoms with Crippen LogP contribution >= 0.6 is 11.8 Å². The maximum atomic E-state index is 4.02. The molecule has 60 valence electrons. The minimum Gasteiger partial charge on any atom is -0.255 e. The molecule has 0 aromatic carbocycles. The first-order valence-corrected chi connectivity index (χ1v) is 4.15. The molecule has 0 bridgehead atoms. The molecule has 0 aliphatic heterocycles. The number of aliphatic imine (C=N–C) groups is 1. The summed E-state index contributed by atoms with van der Waals surface area (Å²) in [7, 11) is 0. The van der Waals surface area contributed by atoms with Crippen molar-refractivity contribution in [2.45, 2.75) is 13.8 Å². The Bertz CT molecular complexity index is 180. The van der Waals surface area contributed by atoms with Gasteiger partial charge in [-0.3, -0.25) is 4.99 Å². The van der Waals surface area contributed by atoms with Crippen molar-refractivity contribution in [2.24, 2.45) is 4.99 Å². The zero-order valence-electron chi connectivity index (χ0n) is 7.00. The molecule has 0 saturated heterocycles. The number of allylic oxidation sites excluding steroid dienone is 3. The fraction of sp³-hybridized carbons (Fsp3) is 0.222. The van der Waals surface area contributed by atoms with Crippen LogP contribution < -0.4 is 0 Å². The van der Waals surface area contributed by atoms with Crippen LogP contribution in [-0.2, 0) is 0 Å². The van der Waals surface area contributed by atoms with Crippen LogP contribution in [0.4, 0.5) is 0 Å². The zero-order valence-corrected chi connectivity index (χ0v) is 7.82. The van der Waals surface area contributed by atoms with Gasteiger partial charge in [0.15, 0.2) is 0 Å². The number of thioether (sulfide) groups is 1. The van der Waals surface area contributed by atoms with E-state index >= 15 is 0 Å². The maximum Gasteiger partial charge on any atom is 0.0744 e. The Hall–Kier alpha value is -0.760. The molecular weight excluding hydrogens is 154 g/mol.